The van der Waals surface area contributed by atoms with Crippen molar-refractivity contribution in [3.05, 3.63) is 29.3 Å². The summed E-state index contributed by atoms with van der Waals surface area (Å²) in [7, 11) is 0. The first kappa shape index (κ1) is 35.2. The highest BCUT2D eigenvalue weighted by atomic mass is 16.7. The van der Waals surface area contributed by atoms with Crippen LogP contribution in [0.5, 0.6) is 11.5 Å². The van der Waals surface area contributed by atoms with Crippen molar-refractivity contribution in [1.29, 1.82) is 0 Å². The van der Waals surface area contributed by atoms with E-state index in [1.165, 1.54) is 6.07 Å². The molecule has 252 valence electrons. The number of rotatable bonds is 6. The molecule has 11 atom stereocenters. The summed E-state index contributed by atoms with van der Waals surface area (Å²) in [6.45, 7) is 0.448. The number of phenolic OH excluding ortho intramolecular Hbond substituents is 1. The molecular formula is C30H42O15. The number of Topliss-reactive ketones (excluding diaryl/α,β-unsaturated/α-hetero) is 1. The molecule has 3 aliphatic rings. The summed E-state index contributed by atoms with van der Waals surface area (Å²) in [4.78, 5) is 25.1. The number of ketones is 1. The molecule has 3 heterocycles. The fraction of sp³-hybridized carbons (Fsp3) is 0.667. The number of hydrogen-bond donors (Lipinski definition) is 8. The van der Waals surface area contributed by atoms with Gasteiger partial charge in [-0.15, -0.1) is 0 Å². The number of carbonyl (C=O) groups excluding carboxylic acids is 2. The molecule has 0 bridgehead atoms. The summed E-state index contributed by atoms with van der Waals surface area (Å²) in [5.74, 6) is -1.22. The topological polar surface area (TPSA) is 242 Å². The van der Waals surface area contributed by atoms with E-state index in [1.807, 2.05) is 0 Å². The number of esters is 1. The van der Waals surface area contributed by atoms with Gasteiger partial charge in [-0.25, -0.2) is 4.79 Å². The van der Waals surface area contributed by atoms with Crippen LogP contribution in [-0.4, -0.2) is 133 Å². The molecule has 2 fully saturated rings. The van der Waals surface area contributed by atoms with Crippen LogP contribution < -0.4 is 4.74 Å². The highest BCUT2D eigenvalue weighted by Crippen LogP contribution is 2.33. The molecule has 8 unspecified atom stereocenters. The van der Waals surface area contributed by atoms with E-state index in [4.69, 9.17) is 23.7 Å². The predicted molar refractivity (Wildman–Crippen MR) is 152 cm³/mol. The van der Waals surface area contributed by atoms with Gasteiger partial charge in [-0.05, 0) is 44.2 Å². The zero-order chi connectivity index (χ0) is 32.8. The molecule has 4 rings (SSSR count). The van der Waals surface area contributed by atoms with Crippen LogP contribution in [0.3, 0.4) is 0 Å². The third-order valence-electron chi connectivity index (χ3n) is 8.02. The van der Waals surface area contributed by atoms with Crippen molar-refractivity contribution in [1.82, 2.24) is 0 Å². The molecule has 15 nitrogen and oxygen atoms in total. The summed E-state index contributed by atoms with van der Waals surface area (Å²) in [5.41, 5.74) is 0.101. The van der Waals surface area contributed by atoms with Crippen molar-refractivity contribution in [3.63, 3.8) is 0 Å². The largest absolute Gasteiger partial charge is 0.507 e. The van der Waals surface area contributed by atoms with Gasteiger partial charge < -0.3 is 64.5 Å². The Kier molecular flexibility index (Phi) is 12.3. The lowest BCUT2D eigenvalue weighted by atomic mass is 9.98. The highest BCUT2D eigenvalue weighted by molar-refractivity contribution is 5.97. The maximum atomic E-state index is 13.0. The molecule has 0 aromatic heterocycles. The van der Waals surface area contributed by atoms with Crippen molar-refractivity contribution in [3.8, 4) is 11.5 Å². The molecule has 3 aliphatic heterocycles. The van der Waals surface area contributed by atoms with E-state index < -0.39 is 92.4 Å². The number of carbonyl (C=O) groups is 2. The number of ether oxygens (including phenoxy) is 5. The Morgan fingerprint density at radius 3 is 2.20 bits per heavy atom. The van der Waals surface area contributed by atoms with Crippen LogP contribution in [-0.2, 0) is 23.7 Å². The lowest BCUT2D eigenvalue weighted by molar-refractivity contribution is -0.323. The second-order valence-electron chi connectivity index (χ2n) is 11.5. The zero-order valence-electron chi connectivity index (χ0n) is 24.8. The molecule has 15 heteroatoms. The smallest absolute Gasteiger partial charge is 0.342 e. The Morgan fingerprint density at radius 1 is 0.844 bits per heavy atom. The summed E-state index contributed by atoms with van der Waals surface area (Å²) in [6.07, 6.45) is -10.4. The van der Waals surface area contributed by atoms with E-state index in [1.54, 1.807) is 19.1 Å². The second-order valence-corrected chi connectivity index (χ2v) is 11.5. The number of fused-ring (bicyclic) bond motifs is 1. The van der Waals surface area contributed by atoms with Gasteiger partial charge in [-0.3, -0.25) is 4.79 Å². The number of benzene rings is 1. The number of allylic oxidation sites excluding steroid dienone is 1. The quantitative estimate of drug-likeness (QED) is 0.171. The normalized spacial score (nSPS) is 37.6. The summed E-state index contributed by atoms with van der Waals surface area (Å²) in [6, 6.07) is 2.49. The van der Waals surface area contributed by atoms with E-state index >= 15 is 0 Å². The summed E-state index contributed by atoms with van der Waals surface area (Å²) >= 11 is 0. The van der Waals surface area contributed by atoms with E-state index in [0.29, 0.717) is 38.5 Å². The molecule has 0 spiro atoms. The van der Waals surface area contributed by atoms with Crippen molar-refractivity contribution in [2.24, 2.45) is 0 Å². The van der Waals surface area contributed by atoms with Gasteiger partial charge in [0.1, 0.15) is 71.7 Å². The van der Waals surface area contributed by atoms with Crippen LogP contribution in [0.4, 0.5) is 0 Å². The molecule has 2 saturated heterocycles. The maximum Gasteiger partial charge on any atom is 0.342 e. The minimum Gasteiger partial charge on any atom is -0.507 e. The first-order valence-corrected chi connectivity index (χ1v) is 15.0. The number of aliphatic hydroxyl groups is 7. The van der Waals surface area contributed by atoms with Gasteiger partial charge in [0.05, 0.1) is 19.3 Å². The SMILES string of the molecule is C[C@H]1CCCC(=O)CCC/C=C/c2cc(OC3OC(COC4OC(CO)C(O)[C@H](O)C4O)C(O)[C@H](O)C3O)cc(O)c2C(=O)O1. The zero-order valence-corrected chi connectivity index (χ0v) is 24.8. The van der Waals surface area contributed by atoms with Crippen LogP contribution in [0, 0.1) is 0 Å². The number of phenols is 1. The lowest BCUT2D eigenvalue weighted by Crippen LogP contribution is -2.62. The highest BCUT2D eigenvalue weighted by Gasteiger charge is 2.48. The molecule has 0 aliphatic carbocycles. The third kappa shape index (κ3) is 8.56. The second kappa shape index (κ2) is 15.7. The van der Waals surface area contributed by atoms with E-state index in [9.17, 15) is 50.4 Å². The van der Waals surface area contributed by atoms with Crippen LogP contribution in [0.1, 0.15) is 61.4 Å². The Morgan fingerprint density at radius 2 is 1.49 bits per heavy atom. The molecular weight excluding hydrogens is 600 g/mol. The summed E-state index contributed by atoms with van der Waals surface area (Å²) in [5, 5.41) is 82.0. The van der Waals surface area contributed by atoms with E-state index in [2.05, 4.69) is 0 Å². The number of aromatic hydroxyl groups is 1. The predicted octanol–water partition coefficient (Wildman–Crippen LogP) is -1.12. The molecule has 0 radical (unpaired) electrons. The van der Waals surface area contributed by atoms with Crippen LogP contribution in [0.25, 0.3) is 6.08 Å². The summed E-state index contributed by atoms with van der Waals surface area (Å²) < 4.78 is 27.6. The first-order chi connectivity index (χ1) is 21.4. The Bertz CT molecular complexity index is 1190. The minimum absolute atomic E-state index is 0.0747. The third-order valence-corrected chi connectivity index (χ3v) is 8.02. The Labute approximate surface area is 259 Å². The van der Waals surface area contributed by atoms with Gasteiger partial charge in [0, 0.05) is 18.9 Å². The van der Waals surface area contributed by atoms with Gasteiger partial charge in [-0.2, -0.15) is 0 Å². The average molecular weight is 643 g/mol. The van der Waals surface area contributed by atoms with E-state index in [0.717, 1.165) is 6.07 Å². The fourth-order valence-corrected chi connectivity index (χ4v) is 5.36. The maximum absolute atomic E-state index is 13.0. The number of hydrogen-bond acceptors (Lipinski definition) is 15. The number of cyclic esters (lactones) is 1. The van der Waals surface area contributed by atoms with Crippen molar-refractivity contribution in [2.75, 3.05) is 13.2 Å². The van der Waals surface area contributed by atoms with Crippen molar-refractivity contribution < 1.29 is 74.1 Å². The standard InChI is InChI=1S/C30H42O15/c1-14-6-5-9-16(32)8-4-2-3-7-15-10-17(11-18(33)21(15)28(40)42-14)43-30-27(39)25(37)23(35)20(45-30)13-41-29-26(38)24(36)22(34)19(12-31)44-29/h3,7,10-11,14,19-20,22-27,29-31,33-39H,2,4-6,8-9,12-13H2,1H3/b7-3+/t14-,19?,20?,22?,23?,24-,25-,26?,27?,29?,30?/m0/s1. The first-order valence-electron chi connectivity index (χ1n) is 15.0. The van der Waals surface area contributed by atoms with Gasteiger partial charge >= 0.3 is 5.97 Å². The van der Waals surface area contributed by atoms with Crippen LogP contribution in [0.2, 0.25) is 0 Å². The molecule has 1 aromatic carbocycles. The average Bonchev–Trinajstić information content (AvgIpc) is 2.99. The Hall–Kier alpha value is -2.70. The van der Waals surface area contributed by atoms with Crippen molar-refractivity contribution in [2.45, 2.75) is 113 Å². The minimum atomic E-state index is -1.79. The monoisotopic (exact) mass is 642 g/mol. The van der Waals surface area contributed by atoms with Crippen LogP contribution >= 0.6 is 0 Å². The lowest BCUT2D eigenvalue weighted by Gasteiger charge is -2.42. The molecule has 1 aromatic rings. The number of aliphatic hydroxyl groups excluding tert-OH is 7. The molecule has 8 N–H and O–H groups in total. The van der Waals surface area contributed by atoms with Crippen molar-refractivity contribution >= 4 is 17.8 Å². The van der Waals surface area contributed by atoms with Gasteiger partial charge in [-0.1, -0.05) is 12.2 Å². The molecule has 0 amide bonds. The van der Waals surface area contributed by atoms with Gasteiger partial charge in [0.15, 0.2) is 6.29 Å². The molecule has 0 saturated carbocycles. The van der Waals surface area contributed by atoms with Gasteiger partial charge in [0.25, 0.3) is 0 Å². The van der Waals surface area contributed by atoms with Gasteiger partial charge in [0.2, 0.25) is 6.29 Å². The Balaban J connectivity index is 1.51. The van der Waals surface area contributed by atoms with E-state index in [-0.39, 0.29) is 22.7 Å². The van der Waals surface area contributed by atoms with Crippen LogP contribution in [0.15, 0.2) is 18.2 Å². The fourth-order valence-electron chi connectivity index (χ4n) is 5.36. The molecule has 45 heavy (non-hydrogen) atoms.